The zero-order chi connectivity index (χ0) is 16.4. The fraction of sp³-hybridized carbons (Fsp3) is 0. The summed E-state index contributed by atoms with van der Waals surface area (Å²) >= 11 is 5.77. The predicted octanol–water partition coefficient (Wildman–Crippen LogP) is 4.23. The number of rotatable bonds is 3. The van der Waals surface area contributed by atoms with E-state index in [-0.39, 0.29) is 10.7 Å². The van der Waals surface area contributed by atoms with Crippen LogP contribution >= 0.6 is 11.6 Å². The lowest BCUT2D eigenvalue weighted by atomic mass is 10.1. The summed E-state index contributed by atoms with van der Waals surface area (Å²) in [4.78, 5) is 22.3. The van der Waals surface area contributed by atoms with E-state index in [0.29, 0.717) is 16.9 Å². The number of halogens is 1. The molecular weight excluding hydrogens is 318 g/mol. The zero-order valence-corrected chi connectivity index (χ0v) is 12.5. The normalized spacial score (nSPS) is 15.4. The molecule has 5 nitrogen and oxygen atoms in total. The van der Waals surface area contributed by atoms with Crippen LogP contribution in [0.5, 0.6) is 0 Å². The van der Waals surface area contributed by atoms with Gasteiger partial charge in [0.1, 0.15) is 10.8 Å². The van der Waals surface area contributed by atoms with Gasteiger partial charge >= 0.3 is 5.97 Å². The van der Waals surface area contributed by atoms with Crippen LogP contribution in [-0.4, -0.2) is 10.9 Å². The van der Waals surface area contributed by atoms with E-state index in [4.69, 9.17) is 16.3 Å². The van der Waals surface area contributed by atoms with Crippen molar-refractivity contribution in [1.29, 1.82) is 0 Å². The van der Waals surface area contributed by atoms with Crippen molar-refractivity contribution in [3.63, 3.8) is 0 Å². The number of hydrogen-bond acceptors (Lipinski definition) is 4. The van der Waals surface area contributed by atoms with Crippen molar-refractivity contribution in [2.24, 2.45) is 0 Å². The summed E-state index contributed by atoms with van der Waals surface area (Å²) in [6, 6.07) is 13.5. The molecule has 1 aliphatic heterocycles. The Morgan fingerprint density at radius 2 is 1.87 bits per heavy atom. The molecule has 2 aromatic carbocycles. The molecule has 0 N–H and O–H groups in total. The molecular formula is C17H10ClNO4. The molecule has 6 heteroatoms. The standard InChI is InChI=1S/C17H10ClNO4/c18-14-7-6-11(9-15(14)19(21)22)8-13-10-16(23-17(13)20)12-4-2-1-3-5-12/h1-10H/b13-8-. The third-order valence-electron chi connectivity index (χ3n) is 3.27. The highest BCUT2D eigenvalue weighted by atomic mass is 35.5. The Kier molecular flexibility index (Phi) is 3.95. The molecule has 2 aromatic rings. The van der Waals surface area contributed by atoms with Crippen molar-refractivity contribution in [3.05, 3.63) is 86.4 Å². The fourth-order valence-electron chi connectivity index (χ4n) is 2.17. The molecule has 114 valence electrons. The lowest BCUT2D eigenvalue weighted by molar-refractivity contribution is -0.384. The molecule has 3 rings (SSSR count). The van der Waals surface area contributed by atoms with E-state index in [1.807, 2.05) is 30.3 Å². The Hall–Kier alpha value is -2.92. The van der Waals surface area contributed by atoms with Crippen LogP contribution in [0, 0.1) is 10.1 Å². The average Bonchev–Trinajstić information content (AvgIpc) is 2.91. The maximum Gasteiger partial charge on any atom is 0.343 e. The quantitative estimate of drug-likeness (QED) is 0.366. The second-order valence-electron chi connectivity index (χ2n) is 4.83. The van der Waals surface area contributed by atoms with Crippen molar-refractivity contribution >= 4 is 35.1 Å². The highest BCUT2D eigenvalue weighted by Crippen LogP contribution is 2.29. The Morgan fingerprint density at radius 3 is 2.57 bits per heavy atom. The lowest BCUT2D eigenvalue weighted by Crippen LogP contribution is -1.97. The molecule has 0 fully saturated rings. The largest absolute Gasteiger partial charge is 0.422 e. The predicted molar refractivity (Wildman–Crippen MR) is 86.6 cm³/mol. The SMILES string of the molecule is O=C1OC(c2ccccc2)=C/C1=C/c1ccc(Cl)c([N+](=O)[O-])c1. The summed E-state index contributed by atoms with van der Waals surface area (Å²) in [5.74, 6) is -0.0493. The molecule has 0 saturated carbocycles. The van der Waals surface area contributed by atoms with E-state index in [1.54, 1.807) is 12.1 Å². The maximum absolute atomic E-state index is 11.9. The first-order chi connectivity index (χ1) is 11.0. The van der Waals surface area contributed by atoms with Gasteiger partial charge in [-0.1, -0.05) is 48.0 Å². The Balaban J connectivity index is 1.97. The number of esters is 1. The zero-order valence-electron chi connectivity index (χ0n) is 11.7. The van der Waals surface area contributed by atoms with Crippen LogP contribution in [-0.2, 0) is 9.53 Å². The van der Waals surface area contributed by atoms with Crippen LogP contribution in [0.15, 0.2) is 60.2 Å². The molecule has 1 heterocycles. The monoisotopic (exact) mass is 327 g/mol. The summed E-state index contributed by atoms with van der Waals surface area (Å²) in [5, 5.41) is 11.0. The third kappa shape index (κ3) is 3.14. The van der Waals surface area contributed by atoms with E-state index < -0.39 is 10.9 Å². The van der Waals surface area contributed by atoms with Crippen molar-refractivity contribution in [3.8, 4) is 0 Å². The highest BCUT2D eigenvalue weighted by Gasteiger charge is 2.22. The first-order valence-corrected chi connectivity index (χ1v) is 7.07. The van der Waals surface area contributed by atoms with Crippen LogP contribution in [0.3, 0.4) is 0 Å². The molecule has 23 heavy (non-hydrogen) atoms. The minimum Gasteiger partial charge on any atom is -0.422 e. The smallest absolute Gasteiger partial charge is 0.343 e. The van der Waals surface area contributed by atoms with Gasteiger partial charge in [-0.2, -0.15) is 0 Å². The minimum absolute atomic E-state index is 0.0478. The first-order valence-electron chi connectivity index (χ1n) is 6.69. The average molecular weight is 328 g/mol. The van der Waals surface area contributed by atoms with Gasteiger partial charge in [-0.05, 0) is 23.8 Å². The Labute approximate surface area is 136 Å². The summed E-state index contributed by atoms with van der Waals surface area (Å²) in [5.41, 5.74) is 1.39. The molecule has 0 amide bonds. The fourth-order valence-corrected chi connectivity index (χ4v) is 2.36. The Bertz CT molecular complexity index is 856. The van der Waals surface area contributed by atoms with Crippen LogP contribution in [0.4, 0.5) is 5.69 Å². The van der Waals surface area contributed by atoms with Gasteiger partial charge in [0.2, 0.25) is 0 Å². The van der Waals surface area contributed by atoms with Gasteiger partial charge in [-0.3, -0.25) is 10.1 Å². The van der Waals surface area contributed by atoms with Crippen molar-refractivity contribution in [1.82, 2.24) is 0 Å². The topological polar surface area (TPSA) is 69.4 Å². The highest BCUT2D eigenvalue weighted by molar-refractivity contribution is 6.32. The number of cyclic esters (lactones) is 1. The third-order valence-corrected chi connectivity index (χ3v) is 3.59. The van der Waals surface area contributed by atoms with Crippen LogP contribution in [0.25, 0.3) is 11.8 Å². The molecule has 1 aliphatic rings. The van der Waals surface area contributed by atoms with E-state index in [2.05, 4.69) is 0 Å². The number of ether oxygens (including phenoxy) is 1. The van der Waals surface area contributed by atoms with Gasteiger partial charge in [0.25, 0.3) is 5.69 Å². The summed E-state index contributed by atoms with van der Waals surface area (Å²) in [6.45, 7) is 0. The summed E-state index contributed by atoms with van der Waals surface area (Å²) in [7, 11) is 0. The number of hydrogen-bond donors (Lipinski definition) is 0. The van der Waals surface area contributed by atoms with Gasteiger partial charge in [0, 0.05) is 11.6 Å². The number of nitrogens with zero attached hydrogens (tertiary/aromatic N) is 1. The van der Waals surface area contributed by atoms with Gasteiger partial charge < -0.3 is 4.74 Å². The first kappa shape index (κ1) is 15.0. The van der Waals surface area contributed by atoms with Crippen LogP contribution in [0.2, 0.25) is 5.02 Å². The van der Waals surface area contributed by atoms with E-state index in [0.717, 1.165) is 5.56 Å². The molecule has 0 saturated heterocycles. The van der Waals surface area contributed by atoms with Gasteiger partial charge in [-0.25, -0.2) is 4.79 Å². The van der Waals surface area contributed by atoms with E-state index in [9.17, 15) is 14.9 Å². The van der Waals surface area contributed by atoms with Gasteiger partial charge in [-0.15, -0.1) is 0 Å². The van der Waals surface area contributed by atoms with Gasteiger partial charge in [0.05, 0.1) is 10.5 Å². The van der Waals surface area contributed by atoms with Crippen molar-refractivity contribution < 1.29 is 14.5 Å². The lowest BCUT2D eigenvalue weighted by Gasteiger charge is -2.00. The van der Waals surface area contributed by atoms with Crippen LogP contribution in [0.1, 0.15) is 11.1 Å². The molecule has 0 radical (unpaired) electrons. The summed E-state index contributed by atoms with van der Waals surface area (Å²) < 4.78 is 5.23. The number of benzene rings is 2. The second kappa shape index (κ2) is 6.06. The number of carbonyl (C=O) groups excluding carboxylic acids is 1. The number of nitro benzene ring substituents is 1. The molecule has 0 aromatic heterocycles. The summed E-state index contributed by atoms with van der Waals surface area (Å²) in [6.07, 6.45) is 3.14. The number of carbonyl (C=O) groups is 1. The minimum atomic E-state index is -0.567. The molecule has 0 spiro atoms. The number of nitro groups is 1. The van der Waals surface area contributed by atoms with Crippen LogP contribution < -0.4 is 0 Å². The maximum atomic E-state index is 11.9. The second-order valence-corrected chi connectivity index (χ2v) is 5.24. The van der Waals surface area contributed by atoms with Crippen molar-refractivity contribution in [2.75, 3.05) is 0 Å². The van der Waals surface area contributed by atoms with E-state index >= 15 is 0 Å². The van der Waals surface area contributed by atoms with E-state index in [1.165, 1.54) is 18.2 Å². The molecule has 0 aliphatic carbocycles. The Morgan fingerprint density at radius 1 is 1.13 bits per heavy atom. The molecule has 0 bridgehead atoms. The van der Waals surface area contributed by atoms with Crippen molar-refractivity contribution in [2.45, 2.75) is 0 Å². The van der Waals surface area contributed by atoms with Gasteiger partial charge in [0.15, 0.2) is 0 Å². The molecule has 0 atom stereocenters. The molecule has 0 unspecified atom stereocenters.